The summed E-state index contributed by atoms with van der Waals surface area (Å²) in [5, 5.41) is 9.96. The zero-order valence-corrected chi connectivity index (χ0v) is 11.5. The summed E-state index contributed by atoms with van der Waals surface area (Å²) < 4.78 is 5.22. The zero-order valence-electron chi connectivity index (χ0n) is 10.7. The Morgan fingerprint density at radius 1 is 1.47 bits per heavy atom. The van der Waals surface area contributed by atoms with Crippen molar-refractivity contribution in [1.29, 1.82) is 0 Å². The molecule has 2 aliphatic carbocycles. The molecule has 19 heavy (non-hydrogen) atoms. The number of carboxylic acid groups (broad SMARTS) is 1. The summed E-state index contributed by atoms with van der Waals surface area (Å²) in [5.74, 6) is -0.341. The predicted molar refractivity (Wildman–Crippen MR) is 70.6 cm³/mol. The summed E-state index contributed by atoms with van der Waals surface area (Å²) >= 11 is 6.05. The quantitative estimate of drug-likeness (QED) is 0.862. The molecule has 0 saturated heterocycles. The third-order valence-corrected chi connectivity index (χ3v) is 4.45. The van der Waals surface area contributed by atoms with E-state index in [2.05, 4.69) is 4.98 Å². The van der Waals surface area contributed by atoms with Gasteiger partial charge in [-0.1, -0.05) is 11.6 Å². The number of methoxy groups -OCH3 is 1. The highest BCUT2D eigenvalue weighted by atomic mass is 35.5. The lowest BCUT2D eigenvalue weighted by Gasteiger charge is -2.44. The van der Waals surface area contributed by atoms with Crippen molar-refractivity contribution in [3.8, 4) is 0 Å². The van der Waals surface area contributed by atoms with Crippen LogP contribution in [0.15, 0.2) is 12.1 Å². The first-order valence-electron chi connectivity index (χ1n) is 6.49. The molecule has 2 saturated carbocycles. The Morgan fingerprint density at radius 2 is 2.16 bits per heavy atom. The lowest BCUT2D eigenvalue weighted by atomic mass is 9.62. The summed E-state index contributed by atoms with van der Waals surface area (Å²) in [6.45, 7) is 0. The van der Waals surface area contributed by atoms with Gasteiger partial charge in [-0.25, -0.2) is 4.98 Å². The lowest BCUT2D eigenvalue weighted by molar-refractivity contribution is -0.154. The van der Waals surface area contributed by atoms with Gasteiger partial charge in [0.25, 0.3) is 0 Å². The molecular formula is C14H16ClNO3. The Kier molecular flexibility index (Phi) is 3.02. The third kappa shape index (κ3) is 2.13. The van der Waals surface area contributed by atoms with Crippen molar-refractivity contribution in [2.75, 3.05) is 7.11 Å². The van der Waals surface area contributed by atoms with Crippen LogP contribution < -0.4 is 0 Å². The maximum absolute atomic E-state index is 11.7. The van der Waals surface area contributed by atoms with Gasteiger partial charge in [-0.15, -0.1) is 0 Å². The normalized spacial score (nSPS) is 29.9. The Balaban J connectivity index is 1.97. The van der Waals surface area contributed by atoms with Gasteiger partial charge in [0.2, 0.25) is 0 Å². The van der Waals surface area contributed by atoms with E-state index in [1.54, 1.807) is 13.2 Å². The zero-order chi connectivity index (χ0) is 13.6. The number of hydrogen-bond donors (Lipinski definition) is 1. The van der Waals surface area contributed by atoms with E-state index in [1.807, 2.05) is 6.07 Å². The van der Waals surface area contributed by atoms with Crippen LogP contribution in [0.3, 0.4) is 0 Å². The van der Waals surface area contributed by atoms with E-state index in [9.17, 15) is 9.90 Å². The summed E-state index contributed by atoms with van der Waals surface area (Å²) in [7, 11) is 1.62. The predicted octanol–water partition coefficient (Wildman–Crippen LogP) is 2.74. The molecule has 102 valence electrons. The Morgan fingerprint density at radius 3 is 2.68 bits per heavy atom. The molecule has 0 unspecified atom stereocenters. The molecule has 1 heterocycles. The standard InChI is InChI=1S/C14H16ClNO3/c1-19-10-6-14(7-10,13(17)18)9-4-11(8-2-3-8)16-12(15)5-9/h4-5,8,10H,2-3,6-7H2,1H3,(H,17,18). The van der Waals surface area contributed by atoms with Crippen LogP contribution in [0, 0.1) is 0 Å². The average Bonchev–Trinajstić information content (AvgIpc) is 3.10. The molecule has 1 N–H and O–H groups in total. The molecule has 2 aliphatic rings. The SMILES string of the molecule is COC1CC(C(=O)O)(c2cc(Cl)nc(C3CC3)c2)C1. The number of halogens is 1. The summed E-state index contributed by atoms with van der Waals surface area (Å²) in [6.07, 6.45) is 3.26. The minimum absolute atomic E-state index is 0.0208. The molecule has 0 bridgehead atoms. The van der Waals surface area contributed by atoms with Crippen LogP contribution in [0.4, 0.5) is 0 Å². The van der Waals surface area contributed by atoms with Gasteiger partial charge in [0.05, 0.1) is 11.5 Å². The minimum Gasteiger partial charge on any atom is -0.481 e. The van der Waals surface area contributed by atoms with Crippen LogP contribution in [0.2, 0.25) is 5.15 Å². The molecule has 0 amide bonds. The molecule has 2 fully saturated rings. The molecule has 0 aromatic carbocycles. The van der Waals surface area contributed by atoms with Crippen LogP contribution in [0.25, 0.3) is 0 Å². The Bertz CT molecular complexity index is 521. The van der Waals surface area contributed by atoms with Crippen molar-refractivity contribution in [3.63, 3.8) is 0 Å². The molecule has 1 aromatic heterocycles. The van der Waals surface area contributed by atoms with Crippen molar-refractivity contribution in [3.05, 3.63) is 28.5 Å². The van der Waals surface area contributed by atoms with Crippen molar-refractivity contribution in [2.24, 2.45) is 0 Å². The number of pyridine rings is 1. The molecule has 5 heteroatoms. The maximum atomic E-state index is 11.7. The number of aromatic nitrogens is 1. The number of rotatable bonds is 4. The van der Waals surface area contributed by atoms with Crippen LogP contribution in [0.5, 0.6) is 0 Å². The van der Waals surface area contributed by atoms with Crippen LogP contribution >= 0.6 is 11.6 Å². The van der Waals surface area contributed by atoms with Gasteiger partial charge in [-0.3, -0.25) is 4.79 Å². The number of nitrogens with zero attached hydrogens (tertiary/aromatic N) is 1. The van der Waals surface area contributed by atoms with E-state index >= 15 is 0 Å². The van der Waals surface area contributed by atoms with Crippen LogP contribution in [-0.2, 0) is 14.9 Å². The first kappa shape index (κ1) is 12.9. The first-order valence-corrected chi connectivity index (χ1v) is 6.87. The van der Waals surface area contributed by atoms with Crippen LogP contribution in [0.1, 0.15) is 42.9 Å². The highest BCUT2D eigenvalue weighted by molar-refractivity contribution is 6.29. The Hall–Kier alpha value is -1.13. The van der Waals surface area contributed by atoms with Crippen molar-refractivity contribution in [1.82, 2.24) is 4.98 Å². The van der Waals surface area contributed by atoms with E-state index in [4.69, 9.17) is 16.3 Å². The first-order chi connectivity index (χ1) is 9.05. The van der Waals surface area contributed by atoms with Crippen molar-refractivity contribution >= 4 is 17.6 Å². The highest BCUT2D eigenvalue weighted by Gasteiger charge is 2.52. The van der Waals surface area contributed by atoms with Gasteiger partial charge in [0.15, 0.2) is 0 Å². The molecule has 0 radical (unpaired) electrons. The second kappa shape index (κ2) is 4.46. The van der Waals surface area contributed by atoms with E-state index in [-0.39, 0.29) is 6.10 Å². The van der Waals surface area contributed by atoms with Gasteiger partial charge >= 0.3 is 5.97 Å². The van der Waals surface area contributed by atoms with Gasteiger partial charge in [0.1, 0.15) is 5.15 Å². The number of carbonyl (C=O) groups is 1. The van der Waals surface area contributed by atoms with Gasteiger partial charge in [-0.05, 0) is 43.4 Å². The molecule has 0 atom stereocenters. The second-order valence-corrected chi connectivity index (χ2v) is 5.92. The maximum Gasteiger partial charge on any atom is 0.314 e. The fourth-order valence-corrected chi connectivity index (χ4v) is 3.01. The number of ether oxygens (including phenoxy) is 1. The summed E-state index contributed by atoms with van der Waals surface area (Å²) in [5.41, 5.74) is 0.857. The molecule has 1 aromatic rings. The molecule has 4 nitrogen and oxygen atoms in total. The molecule has 0 spiro atoms. The minimum atomic E-state index is -0.850. The molecular weight excluding hydrogens is 266 g/mol. The van der Waals surface area contributed by atoms with Crippen LogP contribution in [-0.4, -0.2) is 29.3 Å². The summed E-state index contributed by atoms with van der Waals surface area (Å²) in [4.78, 5) is 16.0. The Labute approximate surface area is 116 Å². The number of hydrogen-bond acceptors (Lipinski definition) is 3. The highest BCUT2D eigenvalue weighted by Crippen LogP contribution is 2.48. The van der Waals surface area contributed by atoms with Crippen molar-refractivity contribution in [2.45, 2.75) is 43.1 Å². The fourth-order valence-electron chi connectivity index (χ4n) is 2.80. The molecule has 3 rings (SSSR count). The third-order valence-electron chi connectivity index (χ3n) is 4.26. The van der Waals surface area contributed by atoms with E-state index < -0.39 is 11.4 Å². The smallest absolute Gasteiger partial charge is 0.314 e. The monoisotopic (exact) mass is 281 g/mol. The summed E-state index contributed by atoms with van der Waals surface area (Å²) in [6, 6.07) is 3.61. The second-order valence-electron chi connectivity index (χ2n) is 5.53. The number of aliphatic carboxylic acids is 1. The van der Waals surface area contributed by atoms with Gasteiger partial charge in [0, 0.05) is 18.7 Å². The largest absolute Gasteiger partial charge is 0.481 e. The topological polar surface area (TPSA) is 59.4 Å². The number of carboxylic acids is 1. The van der Waals surface area contributed by atoms with E-state index in [1.165, 1.54) is 0 Å². The van der Waals surface area contributed by atoms with E-state index in [0.29, 0.717) is 23.9 Å². The molecule has 0 aliphatic heterocycles. The van der Waals surface area contributed by atoms with Gasteiger partial charge < -0.3 is 9.84 Å². The fraction of sp³-hybridized carbons (Fsp3) is 0.571. The lowest BCUT2D eigenvalue weighted by Crippen LogP contribution is -2.51. The average molecular weight is 282 g/mol. The van der Waals surface area contributed by atoms with Gasteiger partial charge in [-0.2, -0.15) is 0 Å². The van der Waals surface area contributed by atoms with E-state index in [0.717, 1.165) is 24.1 Å². The van der Waals surface area contributed by atoms with Crippen molar-refractivity contribution < 1.29 is 14.6 Å².